The molecule has 0 bridgehead atoms. The Morgan fingerprint density at radius 2 is 2.45 bits per heavy atom. The lowest BCUT2D eigenvalue weighted by atomic mass is 10.1. The molecule has 0 amide bonds. The number of nitrogens with one attached hydrogen (secondary N) is 1. The van der Waals surface area contributed by atoms with Crippen molar-refractivity contribution in [2.75, 3.05) is 13.2 Å². The summed E-state index contributed by atoms with van der Waals surface area (Å²) in [5.41, 5.74) is 0. The molecule has 1 rings (SSSR count). The summed E-state index contributed by atoms with van der Waals surface area (Å²) in [6, 6.07) is -0.0510. The molecule has 1 aliphatic rings. The molecule has 64 valence electrons. The molecule has 2 atom stereocenters. The van der Waals surface area contributed by atoms with Gasteiger partial charge in [-0.15, -0.1) is 0 Å². The highest BCUT2D eigenvalue weighted by atomic mass is 16.5. The summed E-state index contributed by atoms with van der Waals surface area (Å²) in [6.45, 7) is 5.37. The molecule has 0 aromatic heterocycles. The first-order valence-electron chi connectivity index (χ1n) is 4.14. The van der Waals surface area contributed by atoms with Crippen LogP contribution in [0.2, 0.25) is 0 Å². The van der Waals surface area contributed by atoms with Gasteiger partial charge in [0.15, 0.2) is 0 Å². The third kappa shape index (κ3) is 2.19. The highest BCUT2D eigenvalue weighted by molar-refractivity contribution is 5.76. The van der Waals surface area contributed by atoms with Gasteiger partial charge in [0.05, 0.1) is 6.61 Å². The van der Waals surface area contributed by atoms with Gasteiger partial charge in [-0.1, -0.05) is 6.92 Å². The second kappa shape index (κ2) is 3.72. The molecule has 1 fully saturated rings. The number of hydrogen-bond acceptors (Lipinski definition) is 3. The Labute approximate surface area is 67.1 Å². The Bertz CT molecular complexity index is 147. The van der Waals surface area contributed by atoms with E-state index in [1.54, 1.807) is 0 Å². The van der Waals surface area contributed by atoms with Crippen molar-refractivity contribution in [1.29, 1.82) is 0 Å². The lowest BCUT2D eigenvalue weighted by Crippen LogP contribution is -2.32. The first-order valence-corrected chi connectivity index (χ1v) is 4.14. The summed E-state index contributed by atoms with van der Waals surface area (Å²) in [7, 11) is 0. The third-order valence-corrected chi connectivity index (χ3v) is 1.92. The fourth-order valence-electron chi connectivity index (χ4n) is 1.33. The van der Waals surface area contributed by atoms with Crippen LogP contribution in [0.15, 0.2) is 0 Å². The number of ether oxygens (including phenoxy) is 1. The first kappa shape index (κ1) is 8.53. The van der Waals surface area contributed by atoms with E-state index in [0.717, 1.165) is 13.0 Å². The van der Waals surface area contributed by atoms with Crippen LogP contribution in [0, 0.1) is 5.92 Å². The van der Waals surface area contributed by atoms with Gasteiger partial charge in [0.1, 0.15) is 6.04 Å². The molecule has 3 heteroatoms. The summed E-state index contributed by atoms with van der Waals surface area (Å²) < 4.78 is 4.87. The molecule has 11 heavy (non-hydrogen) atoms. The van der Waals surface area contributed by atoms with Gasteiger partial charge in [-0.2, -0.15) is 0 Å². The maximum absolute atomic E-state index is 11.1. The number of carbonyl (C=O) groups is 1. The smallest absolute Gasteiger partial charge is 0.323 e. The van der Waals surface area contributed by atoms with Crippen LogP contribution in [-0.2, 0) is 9.53 Å². The number of hydrogen-bond donors (Lipinski definition) is 1. The Balaban J connectivity index is 2.31. The second-order valence-corrected chi connectivity index (χ2v) is 3.05. The summed E-state index contributed by atoms with van der Waals surface area (Å²) in [6.07, 6.45) is 0.916. The standard InChI is InChI=1S/C8H15NO2/c1-3-11-8(10)7-4-6(2)5-9-7/h6-7,9H,3-5H2,1-2H3/t6-,7-/m0/s1. The van der Waals surface area contributed by atoms with Crippen LogP contribution in [0.1, 0.15) is 20.3 Å². The van der Waals surface area contributed by atoms with Crippen molar-refractivity contribution < 1.29 is 9.53 Å². The highest BCUT2D eigenvalue weighted by Crippen LogP contribution is 2.13. The van der Waals surface area contributed by atoms with Crippen molar-refractivity contribution in [2.45, 2.75) is 26.3 Å². The van der Waals surface area contributed by atoms with Crippen molar-refractivity contribution >= 4 is 5.97 Å². The van der Waals surface area contributed by atoms with Crippen molar-refractivity contribution in [1.82, 2.24) is 5.32 Å². The Hall–Kier alpha value is -0.570. The quantitative estimate of drug-likeness (QED) is 0.595. The van der Waals surface area contributed by atoms with Gasteiger partial charge >= 0.3 is 5.97 Å². The summed E-state index contributed by atoms with van der Waals surface area (Å²) in [4.78, 5) is 11.1. The predicted octanol–water partition coefficient (Wildman–Crippen LogP) is 0.547. The maximum atomic E-state index is 11.1. The van der Waals surface area contributed by atoms with E-state index in [2.05, 4.69) is 12.2 Å². The predicted molar refractivity (Wildman–Crippen MR) is 42.2 cm³/mol. The lowest BCUT2D eigenvalue weighted by molar-refractivity contribution is -0.145. The molecule has 3 nitrogen and oxygen atoms in total. The molecule has 0 saturated carbocycles. The van der Waals surface area contributed by atoms with Crippen molar-refractivity contribution in [3.8, 4) is 0 Å². The van der Waals surface area contributed by atoms with Crippen molar-refractivity contribution in [3.63, 3.8) is 0 Å². The van der Waals surface area contributed by atoms with Gasteiger partial charge in [-0.05, 0) is 25.8 Å². The summed E-state index contributed by atoms with van der Waals surface area (Å²) in [5.74, 6) is 0.501. The zero-order chi connectivity index (χ0) is 8.27. The van der Waals surface area contributed by atoms with E-state index >= 15 is 0 Å². The molecule has 0 spiro atoms. The number of rotatable bonds is 2. The fourth-order valence-corrected chi connectivity index (χ4v) is 1.33. The van der Waals surface area contributed by atoms with Gasteiger partial charge in [0.25, 0.3) is 0 Å². The maximum Gasteiger partial charge on any atom is 0.323 e. The van der Waals surface area contributed by atoms with Crippen LogP contribution in [0.25, 0.3) is 0 Å². The minimum absolute atomic E-state index is 0.0510. The van der Waals surface area contributed by atoms with Gasteiger partial charge < -0.3 is 10.1 Å². The molecule has 0 aliphatic carbocycles. The Morgan fingerprint density at radius 1 is 1.73 bits per heavy atom. The topological polar surface area (TPSA) is 38.3 Å². The molecular formula is C8H15NO2. The molecule has 0 unspecified atom stereocenters. The summed E-state index contributed by atoms with van der Waals surface area (Å²) in [5, 5.41) is 3.12. The van der Waals surface area contributed by atoms with E-state index in [0.29, 0.717) is 12.5 Å². The molecule has 1 N–H and O–H groups in total. The lowest BCUT2D eigenvalue weighted by Gasteiger charge is -2.07. The summed E-state index contributed by atoms with van der Waals surface area (Å²) >= 11 is 0. The van der Waals surface area contributed by atoms with E-state index < -0.39 is 0 Å². The first-order chi connectivity index (χ1) is 5.24. The van der Waals surface area contributed by atoms with Crippen molar-refractivity contribution in [2.24, 2.45) is 5.92 Å². The average Bonchev–Trinajstić information content (AvgIpc) is 2.36. The van der Waals surface area contributed by atoms with E-state index in [-0.39, 0.29) is 12.0 Å². The normalized spacial score (nSPS) is 30.4. The van der Waals surface area contributed by atoms with Crippen molar-refractivity contribution in [3.05, 3.63) is 0 Å². The highest BCUT2D eigenvalue weighted by Gasteiger charge is 2.27. The molecule has 0 radical (unpaired) electrons. The fraction of sp³-hybridized carbons (Fsp3) is 0.875. The number of esters is 1. The Kier molecular flexibility index (Phi) is 2.88. The van der Waals surface area contributed by atoms with Crippen LogP contribution in [0.4, 0.5) is 0 Å². The van der Waals surface area contributed by atoms with Gasteiger partial charge in [0, 0.05) is 0 Å². The molecule has 1 heterocycles. The second-order valence-electron chi connectivity index (χ2n) is 3.05. The van der Waals surface area contributed by atoms with Gasteiger partial charge in [0.2, 0.25) is 0 Å². The minimum Gasteiger partial charge on any atom is -0.465 e. The zero-order valence-corrected chi connectivity index (χ0v) is 7.09. The van der Waals surface area contributed by atoms with Crippen LogP contribution in [-0.4, -0.2) is 25.2 Å². The Morgan fingerprint density at radius 3 is 2.91 bits per heavy atom. The van der Waals surface area contributed by atoms with Crippen LogP contribution >= 0.6 is 0 Å². The SMILES string of the molecule is CCOC(=O)[C@@H]1C[C@H](C)CN1. The minimum atomic E-state index is -0.100. The van der Waals surface area contributed by atoms with Crippen LogP contribution in [0.3, 0.4) is 0 Å². The average molecular weight is 157 g/mol. The van der Waals surface area contributed by atoms with Gasteiger partial charge in [-0.25, -0.2) is 0 Å². The molecule has 0 aromatic rings. The van der Waals surface area contributed by atoms with E-state index in [9.17, 15) is 4.79 Å². The monoisotopic (exact) mass is 157 g/mol. The van der Waals surface area contributed by atoms with Crippen LogP contribution in [0.5, 0.6) is 0 Å². The number of carbonyl (C=O) groups excluding carboxylic acids is 1. The molecule has 1 aliphatic heterocycles. The molecular weight excluding hydrogens is 142 g/mol. The molecule has 1 saturated heterocycles. The van der Waals surface area contributed by atoms with E-state index in [1.807, 2.05) is 6.92 Å². The van der Waals surface area contributed by atoms with E-state index in [4.69, 9.17) is 4.74 Å². The van der Waals surface area contributed by atoms with Crippen LogP contribution < -0.4 is 5.32 Å². The third-order valence-electron chi connectivity index (χ3n) is 1.92. The van der Waals surface area contributed by atoms with Gasteiger partial charge in [-0.3, -0.25) is 4.79 Å². The van der Waals surface area contributed by atoms with E-state index in [1.165, 1.54) is 0 Å². The zero-order valence-electron chi connectivity index (χ0n) is 7.09. The largest absolute Gasteiger partial charge is 0.465 e. The molecule has 0 aromatic carbocycles.